The van der Waals surface area contributed by atoms with E-state index in [2.05, 4.69) is 48.1 Å². The molecule has 0 bridgehead atoms. The second-order valence-corrected chi connectivity index (χ2v) is 9.30. The average molecular weight is 305 g/mol. The maximum absolute atomic E-state index is 4.64. The molecule has 2 fully saturated rings. The van der Waals surface area contributed by atoms with Gasteiger partial charge in [0.1, 0.15) is 0 Å². The molecule has 0 spiro atoms. The van der Waals surface area contributed by atoms with Gasteiger partial charge in [-0.2, -0.15) is 0 Å². The Morgan fingerprint density at radius 2 is 1.32 bits per heavy atom. The van der Waals surface area contributed by atoms with Crippen molar-refractivity contribution in [3.63, 3.8) is 0 Å². The maximum Gasteiger partial charge on any atom is -0.0151 e. The molecule has 2 aliphatic rings. The van der Waals surface area contributed by atoms with E-state index in [0.29, 0.717) is 5.92 Å². The quantitative estimate of drug-likeness (QED) is 0.492. The van der Waals surface area contributed by atoms with Gasteiger partial charge in [-0.25, -0.2) is 0 Å². The van der Waals surface area contributed by atoms with Crippen molar-refractivity contribution in [2.75, 3.05) is 0 Å². The Hall–Kier alpha value is -0.260. The van der Waals surface area contributed by atoms with E-state index in [9.17, 15) is 0 Å². The molecule has 2 saturated carbocycles. The minimum absolute atomic E-state index is 0.696. The number of rotatable bonds is 4. The highest BCUT2D eigenvalue weighted by molar-refractivity contribution is 5.11. The highest BCUT2D eigenvalue weighted by Crippen LogP contribution is 2.46. The lowest BCUT2D eigenvalue weighted by atomic mass is 9.62. The lowest BCUT2D eigenvalue weighted by molar-refractivity contribution is 0.134. The summed E-state index contributed by atoms with van der Waals surface area (Å²) in [5.41, 5.74) is 1.58. The van der Waals surface area contributed by atoms with Crippen molar-refractivity contribution >= 4 is 0 Å². The molecule has 0 amide bonds. The van der Waals surface area contributed by atoms with Crippen LogP contribution in [0.1, 0.15) is 80.1 Å². The van der Waals surface area contributed by atoms with Crippen LogP contribution in [0.25, 0.3) is 0 Å². The third-order valence-corrected chi connectivity index (χ3v) is 7.38. The lowest BCUT2D eigenvalue weighted by Gasteiger charge is -2.43. The first-order chi connectivity index (χ1) is 10.3. The fraction of sp³-hybridized carbons (Fsp3) is 0.909. The summed E-state index contributed by atoms with van der Waals surface area (Å²) < 4.78 is 0. The van der Waals surface area contributed by atoms with Crippen LogP contribution < -0.4 is 0 Å². The standard InChI is InChI=1S/C22H40/c1-14-8-10-21(11-9-14)19(6)18(5)20(7)22-16(3)12-15(2)13-17(22)4/h14-19,21-22H,7-13H2,1-6H3. The minimum atomic E-state index is 0.696. The van der Waals surface area contributed by atoms with Gasteiger partial charge in [-0.05, 0) is 73.0 Å². The predicted octanol–water partition coefficient (Wildman–Crippen LogP) is 6.96. The van der Waals surface area contributed by atoms with Crippen molar-refractivity contribution in [2.45, 2.75) is 80.1 Å². The molecule has 4 atom stereocenters. The molecule has 0 aromatic heterocycles. The molecule has 0 nitrogen and oxygen atoms in total. The van der Waals surface area contributed by atoms with E-state index < -0.39 is 0 Å². The van der Waals surface area contributed by atoms with Crippen LogP contribution in [0.5, 0.6) is 0 Å². The molecule has 0 aromatic rings. The van der Waals surface area contributed by atoms with Gasteiger partial charge in [0.15, 0.2) is 0 Å². The third kappa shape index (κ3) is 3.98. The van der Waals surface area contributed by atoms with Crippen LogP contribution in [0, 0.1) is 47.3 Å². The average Bonchev–Trinajstić information content (AvgIpc) is 2.45. The molecule has 0 aromatic carbocycles. The molecular weight excluding hydrogens is 264 g/mol. The van der Waals surface area contributed by atoms with Gasteiger partial charge in [-0.15, -0.1) is 0 Å². The molecule has 128 valence electrons. The van der Waals surface area contributed by atoms with Gasteiger partial charge >= 0.3 is 0 Å². The van der Waals surface area contributed by atoms with Gasteiger partial charge in [0, 0.05) is 0 Å². The van der Waals surface area contributed by atoms with Gasteiger partial charge in [-0.1, -0.05) is 66.5 Å². The zero-order chi connectivity index (χ0) is 16.4. The topological polar surface area (TPSA) is 0 Å². The van der Waals surface area contributed by atoms with Crippen LogP contribution in [0.15, 0.2) is 12.2 Å². The molecule has 0 radical (unpaired) electrons. The number of hydrogen-bond donors (Lipinski definition) is 0. The van der Waals surface area contributed by atoms with E-state index in [1.54, 1.807) is 5.57 Å². The molecule has 4 unspecified atom stereocenters. The Balaban J connectivity index is 1.98. The van der Waals surface area contributed by atoms with Gasteiger partial charge in [0.25, 0.3) is 0 Å². The van der Waals surface area contributed by atoms with Crippen LogP contribution in [0.3, 0.4) is 0 Å². The molecule has 22 heavy (non-hydrogen) atoms. The van der Waals surface area contributed by atoms with Crippen molar-refractivity contribution in [3.8, 4) is 0 Å². The van der Waals surface area contributed by atoms with Crippen LogP contribution in [-0.2, 0) is 0 Å². The first-order valence-corrected chi connectivity index (χ1v) is 9.99. The molecule has 0 aliphatic heterocycles. The van der Waals surface area contributed by atoms with E-state index in [1.165, 1.54) is 38.5 Å². The van der Waals surface area contributed by atoms with Crippen molar-refractivity contribution in [1.82, 2.24) is 0 Å². The summed E-state index contributed by atoms with van der Waals surface area (Å²) in [5, 5.41) is 0. The summed E-state index contributed by atoms with van der Waals surface area (Å²) in [6.07, 6.45) is 8.59. The second-order valence-electron chi connectivity index (χ2n) is 9.30. The highest BCUT2D eigenvalue weighted by atomic mass is 14.4. The van der Waals surface area contributed by atoms with E-state index >= 15 is 0 Å². The summed E-state index contributed by atoms with van der Waals surface area (Å²) in [6, 6.07) is 0. The Bertz CT molecular complexity index is 348. The third-order valence-electron chi connectivity index (χ3n) is 7.38. The van der Waals surface area contributed by atoms with Crippen LogP contribution in [0.2, 0.25) is 0 Å². The molecular formula is C22H40. The van der Waals surface area contributed by atoms with Crippen molar-refractivity contribution in [2.24, 2.45) is 47.3 Å². The molecule has 2 rings (SSSR count). The smallest absolute Gasteiger partial charge is 0.0151 e. The summed E-state index contributed by atoms with van der Waals surface area (Å²) in [5.74, 6) is 6.73. The summed E-state index contributed by atoms with van der Waals surface area (Å²) in [4.78, 5) is 0. The van der Waals surface area contributed by atoms with E-state index in [0.717, 1.165) is 41.4 Å². The lowest BCUT2D eigenvalue weighted by Crippen LogP contribution is -2.34. The van der Waals surface area contributed by atoms with Crippen LogP contribution in [-0.4, -0.2) is 0 Å². The molecule has 0 heteroatoms. The SMILES string of the molecule is C=C(C(C)C(C)C1CCC(C)CC1)C1C(C)CC(C)CC1C. The molecule has 0 heterocycles. The largest absolute Gasteiger partial charge is 0.0993 e. The Kier molecular flexibility index (Phi) is 6.20. The van der Waals surface area contributed by atoms with Gasteiger partial charge in [0.2, 0.25) is 0 Å². The minimum Gasteiger partial charge on any atom is -0.0993 e. The summed E-state index contributed by atoms with van der Waals surface area (Å²) in [7, 11) is 0. The molecule has 0 N–H and O–H groups in total. The second kappa shape index (κ2) is 7.54. The first kappa shape index (κ1) is 18.1. The number of hydrogen-bond acceptors (Lipinski definition) is 0. The first-order valence-electron chi connectivity index (χ1n) is 9.99. The van der Waals surface area contributed by atoms with Crippen molar-refractivity contribution < 1.29 is 0 Å². The zero-order valence-electron chi connectivity index (χ0n) is 16.1. The van der Waals surface area contributed by atoms with E-state index in [-0.39, 0.29) is 0 Å². The normalized spacial score (nSPS) is 42.6. The number of allylic oxidation sites excluding steroid dienone is 1. The fourth-order valence-corrected chi connectivity index (χ4v) is 5.81. The van der Waals surface area contributed by atoms with E-state index in [1.807, 2.05) is 0 Å². The maximum atomic E-state index is 4.64. The Labute approximate surface area is 140 Å². The predicted molar refractivity (Wildman–Crippen MR) is 98.8 cm³/mol. The highest BCUT2D eigenvalue weighted by Gasteiger charge is 2.37. The van der Waals surface area contributed by atoms with Crippen molar-refractivity contribution in [3.05, 3.63) is 12.2 Å². The molecule has 2 aliphatic carbocycles. The zero-order valence-corrected chi connectivity index (χ0v) is 16.1. The van der Waals surface area contributed by atoms with E-state index in [4.69, 9.17) is 0 Å². The van der Waals surface area contributed by atoms with Crippen LogP contribution in [0.4, 0.5) is 0 Å². The monoisotopic (exact) mass is 304 g/mol. The molecule has 0 saturated heterocycles. The Morgan fingerprint density at radius 1 is 0.818 bits per heavy atom. The van der Waals surface area contributed by atoms with Gasteiger partial charge < -0.3 is 0 Å². The van der Waals surface area contributed by atoms with Gasteiger partial charge in [0.05, 0.1) is 0 Å². The van der Waals surface area contributed by atoms with Crippen molar-refractivity contribution in [1.29, 1.82) is 0 Å². The fourth-order valence-electron chi connectivity index (χ4n) is 5.81. The van der Waals surface area contributed by atoms with Crippen LogP contribution >= 0.6 is 0 Å². The summed E-state index contributed by atoms with van der Waals surface area (Å²) >= 11 is 0. The van der Waals surface area contributed by atoms with Gasteiger partial charge in [-0.3, -0.25) is 0 Å². The Morgan fingerprint density at radius 3 is 1.82 bits per heavy atom. The summed E-state index contributed by atoms with van der Waals surface area (Å²) in [6.45, 7) is 19.4.